The smallest absolute Gasteiger partial charge is 0.191 e. The van der Waals surface area contributed by atoms with Crippen molar-refractivity contribution >= 4 is 35.8 Å². The summed E-state index contributed by atoms with van der Waals surface area (Å²) in [5, 5.41) is 6.54. The molecule has 0 saturated carbocycles. The highest BCUT2D eigenvalue weighted by Gasteiger charge is 2.12. The zero-order chi connectivity index (χ0) is 19.1. The predicted octanol–water partition coefficient (Wildman–Crippen LogP) is 4.00. The number of aliphatic imine (C=N–C) groups is 1. The van der Waals surface area contributed by atoms with Gasteiger partial charge in [0.1, 0.15) is 11.6 Å². The Morgan fingerprint density at radius 3 is 2.54 bits per heavy atom. The average Bonchev–Trinajstić information content (AvgIpc) is 3.22. The van der Waals surface area contributed by atoms with Crippen LogP contribution in [-0.4, -0.2) is 30.6 Å². The second-order valence-corrected chi connectivity index (χ2v) is 6.85. The lowest BCUT2D eigenvalue weighted by Crippen LogP contribution is -2.36. The van der Waals surface area contributed by atoms with Gasteiger partial charge < -0.3 is 15.5 Å². The summed E-state index contributed by atoms with van der Waals surface area (Å²) >= 11 is 0. The van der Waals surface area contributed by atoms with Crippen molar-refractivity contribution < 1.29 is 4.39 Å². The van der Waals surface area contributed by atoms with Crippen molar-refractivity contribution in [3.63, 3.8) is 0 Å². The fourth-order valence-corrected chi connectivity index (χ4v) is 3.16. The molecule has 2 N–H and O–H groups in total. The van der Waals surface area contributed by atoms with E-state index in [0.717, 1.165) is 42.5 Å². The van der Waals surface area contributed by atoms with Crippen molar-refractivity contribution in [2.24, 2.45) is 4.99 Å². The fourth-order valence-electron chi connectivity index (χ4n) is 3.16. The maximum absolute atomic E-state index is 13.4. The van der Waals surface area contributed by atoms with Crippen LogP contribution in [0.1, 0.15) is 36.5 Å². The van der Waals surface area contributed by atoms with Crippen LogP contribution >= 0.6 is 24.0 Å². The van der Waals surface area contributed by atoms with Gasteiger partial charge in [-0.15, -0.1) is 24.0 Å². The van der Waals surface area contributed by atoms with E-state index >= 15 is 0 Å². The zero-order valence-corrected chi connectivity index (χ0v) is 18.9. The number of guanidine groups is 1. The molecule has 0 amide bonds. The van der Waals surface area contributed by atoms with Crippen molar-refractivity contribution in [1.82, 2.24) is 15.6 Å². The number of halogens is 2. The van der Waals surface area contributed by atoms with Gasteiger partial charge in [-0.1, -0.05) is 18.2 Å². The molecule has 3 rings (SSSR count). The van der Waals surface area contributed by atoms with Crippen molar-refractivity contribution in [3.8, 4) is 0 Å². The SMILES string of the molecule is CCNC(=NCc1ccc(N2CCCC2)nc1)NCc1ccc(F)c(C)c1.I. The van der Waals surface area contributed by atoms with Crippen LogP contribution in [0.25, 0.3) is 0 Å². The van der Waals surface area contributed by atoms with Crippen LogP contribution in [0.3, 0.4) is 0 Å². The molecule has 2 aromatic rings. The maximum atomic E-state index is 13.4. The third-order valence-electron chi connectivity index (χ3n) is 4.69. The standard InChI is InChI=1S/C21H28FN5.HI/c1-3-23-21(25-13-17-6-8-19(22)16(2)12-17)26-15-18-7-9-20(24-14-18)27-10-4-5-11-27;/h6-9,12,14H,3-5,10-11,13,15H2,1-2H3,(H2,23,25,26);1H. The quantitative estimate of drug-likeness (QED) is 0.360. The van der Waals surface area contributed by atoms with E-state index in [4.69, 9.17) is 0 Å². The summed E-state index contributed by atoms with van der Waals surface area (Å²) in [7, 11) is 0. The van der Waals surface area contributed by atoms with Crippen molar-refractivity contribution in [2.45, 2.75) is 39.8 Å². The van der Waals surface area contributed by atoms with E-state index in [1.54, 1.807) is 13.0 Å². The Labute approximate surface area is 183 Å². The van der Waals surface area contributed by atoms with Gasteiger partial charge >= 0.3 is 0 Å². The van der Waals surface area contributed by atoms with E-state index in [1.807, 2.05) is 19.2 Å². The van der Waals surface area contributed by atoms with E-state index in [0.29, 0.717) is 18.7 Å². The number of rotatable bonds is 6. The second kappa shape index (κ2) is 11.2. The molecule has 152 valence electrons. The molecule has 2 heterocycles. The Morgan fingerprint density at radius 1 is 1.14 bits per heavy atom. The Balaban J connectivity index is 0.00000280. The summed E-state index contributed by atoms with van der Waals surface area (Å²) in [5.74, 6) is 1.62. The van der Waals surface area contributed by atoms with Crippen LogP contribution in [0.2, 0.25) is 0 Å². The molecule has 7 heteroatoms. The third-order valence-corrected chi connectivity index (χ3v) is 4.69. The molecule has 0 bridgehead atoms. The van der Waals surface area contributed by atoms with E-state index in [-0.39, 0.29) is 29.8 Å². The maximum Gasteiger partial charge on any atom is 0.191 e. The van der Waals surface area contributed by atoms with Gasteiger partial charge in [0.15, 0.2) is 5.96 Å². The zero-order valence-electron chi connectivity index (χ0n) is 16.5. The van der Waals surface area contributed by atoms with E-state index in [9.17, 15) is 4.39 Å². The number of aromatic nitrogens is 1. The first-order valence-electron chi connectivity index (χ1n) is 9.63. The molecule has 1 aromatic carbocycles. The first kappa shape index (κ1) is 22.4. The van der Waals surface area contributed by atoms with Crippen molar-refractivity contribution in [2.75, 3.05) is 24.5 Å². The minimum absolute atomic E-state index is 0. The molecule has 5 nitrogen and oxygen atoms in total. The predicted molar refractivity (Wildman–Crippen MR) is 124 cm³/mol. The topological polar surface area (TPSA) is 52.6 Å². The van der Waals surface area contributed by atoms with Gasteiger partial charge in [-0.2, -0.15) is 0 Å². The lowest BCUT2D eigenvalue weighted by molar-refractivity contribution is 0.617. The van der Waals surface area contributed by atoms with Crippen LogP contribution in [0.15, 0.2) is 41.5 Å². The molecule has 1 aromatic heterocycles. The van der Waals surface area contributed by atoms with E-state index in [2.05, 4.69) is 37.6 Å². The summed E-state index contributed by atoms with van der Waals surface area (Å²) in [4.78, 5) is 11.5. The monoisotopic (exact) mass is 497 g/mol. The Morgan fingerprint density at radius 2 is 1.89 bits per heavy atom. The molecule has 1 aliphatic heterocycles. The first-order valence-corrected chi connectivity index (χ1v) is 9.63. The molecule has 0 atom stereocenters. The minimum Gasteiger partial charge on any atom is -0.357 e. The number of aryl methyl sites for hydroxylation is 1. The molecule has 0 radical (unpaired) electrons. The molecule has 1 saturated heterocycles. The third kappa shape index (κ3) is 6.32. The highest BCUT2D eigenvalue weighted by molar-refractivity contribution is 14.0. The minimum atomic E-state index is -0.177. The van der Waals surface area contributed by atoms with Gasteiger partial charge in [0, 0.05) is 32.4 Å². The van der Waals surface area contributed by atoms with Crippen LogP contribution < -0.4 is 15.5 Å². The van der Waals surface area contributed by atoms with Crippen molar-refractivity contribution in [1.29, 1.82) is 0 Å². The van der Waals surface area contributed by atoms with Gasteiger partial charge in [-0.25, -0.2) is 14.4 Å². The summed E-state index contributed by atoms with van der Waals surface area (Å²) in [6.45, 7) is 7.94. The summed E-state index contributed by atoms with van der Waals surface area (Å²) < 4.78 is 13.4. The highest BCUT2D eigenvalue weighted by atomic mass is 127. The molecule has 0 aliphatic carbocycles. The summed E-state index contributed by atoms with van der Waals surface area (Å²) in [6.07, 6.45) is 4.40. The van der Waals surface area contributed by atoms with Gasteiger partial charge in [-0.05, 0) is 55.5 Å². The van der Waals surface area contributed by atoms with Gasteiger partial charge in [-0.3, -0.25) is 0 Å². The van der Waals surface area contributed by atoms with Gasteiger partial charge in [0.2, 0.25) is 0 Å². The first-order chi connectivity index (χ1) is 13.2. The molecule has 1 aliphatic rings. The highest BCUT2D eigenvalue weighted by Crippen LogP contribution is 2.17. The lowest BCUT2D eigenvalue weighted by atomic mass is 10.1. The molecule has 0 spiro atoms. The Kier molecular flexibility index (Phi) is 8.95. The van der Waals surface area contributed by atoms with Crippen LogP contribution in [0.5, 0.6) is 0 Å². The second-order valence-electron chi connectivity index (χ2n) is 6.85. The van der Waals surface area contributed by atoms with Gasteiger partial charge in [0.05, 0.1) is 6.54 Å². The molecular weight excluding hydrogens is 468 g/mol. The lowest BCUT2D eigenvalue weighted by Gasteiger charge is -2.16. The Hall–Kier alpha value is -1.90. The number of pyridine rings is 1. The van der Waals surface area contributed by atoms with E-state index in [1.165, 1.54) is 18.9 Å². The molecule has 1 fully saturated rings. The molecule has 28 heavy (non-hydrogen) atoms. The fraction of sp³-hybridized carbons (Fsp3) is 0.429. The summed E-state index contributed by atoms with van der Waals surface area (Å²) in [5.41, 5.74) is 2.75. The Bertz CT molecular complexity index is 773. The number of hydrogen-bond donors (Lipinski definition) is 2. The van der Waals surface area contributed by atoms with Crippen LogP contribution in [-0.2, 0) is 13.1 Å². The number of hydrogen-bond acceptors (Lipinski definition) is 3. The normalized spacial score (nSPS) is 14.0. The largest absolute Gasteiger partial charge is 0.357 e. The van der Waals surface area contributed by atoms with Gasteiger partial charge in [0.25, 0.3) is 0 Å². The number of nitrogens with one attached hydrogen (secondary N) is 2. The number of nitrogens with zero attached hydrogens (tertiary/aromatic N) is 3. The van der Waals surface area contributed by atoms with Crippen LogP contribution in [0.4, 0.5) is 10.2 Å². The number of anilines is 1. The summed E-state index contributed by atoms with van der Waals surface area (Å²) in [6, 6.07) is 9.33. The van der Waals surface area contributed by atoms with Crippen LogP contribution in [0, 0.1) is 12.7 Å². The molecular formula is C21H29FIN5. The van der Waals surface area contributed by atoms with Crippen molar-refractivity contribution in [3.05, 3.63) is 59.0 Å². The molecule has 0 unspecified atom stereocenters. The van der Waals surface area contributed by atoms with E-state index < -0.39 is 0 Å². The average molecular weight is 497 g/mol. The number of benzene rings is 1.